The Morgan fingerprint density at radius 1 is 1.28 bits per heavy atom. The molecule has 1 aromatic carbocycles. The molecule has 3 N–H and O–H groups in total. The first-order valence-electron chi connectivity index (χ1n) is 6.51. The molecule has 0 heterocycles. The molecule has 0 radical (unpaired) electrons. The van der Waals surface area contributed by atoms with Crippen LogP contribution in [0.25, 0.3) is 0 Å². The Kier molecular flexibility index (Phi) is 3.06. The summed E-state index contributed by atoms with van der Waals surface area (Å²) in [6.45, 7) is 0. The van der Waals surface area contributed by atoms with Gasteiger partial charge in [0.25, 0.3) is 5.91 Å². The molecule has 96 valence electrons. The van der Waals surface area contributed by atoms with Crippen molar-refractivity contribution in [2.45, 2.75) is 31.7 Å². The van der Waals surface area contributed by atoms with Crippen LogP contribution in [0.2, 0.25) is 0 Å². The summed E-state index contributed by atoms with van der Waals surface area (Å²) >= 11 is 3.39. The van der Waals surface area contributed by atoms with Gasteiger partial charge in [0.2, 0.25) is 0 Å². The lowest BCUT2D eigenvalue weighted by Gasteiger charge is -2.18. The van der Waals surface area contributed by atoms with Crippen LogP contribution in [0.4, 0.5) is 5.69 Å². The summed E-state index contributed by atoms with van der Waals surface area (Å²) in [5, 5.41) is 3.20. The van der Waals surface area contributed by atoms with E-state index in [9.17, 15) is 4.79 Å². The Morgan fingerprint density at radius 3 is 2.44 bits per heavy atom. The average Bonchev–Trinajstić information content (AvgIpc) is 3.22. The molecule has 0 atom stereocenters. The summed E-state index contributed by atoms with van der Waals surface area (Å²) in [4.78, 5) is 12.3. The van der Waals surface area contributed by atoms with E-state index in [0.29, 0.717) is 33.6 Å². The average molecular weight is 309 g/mol. The van der Waals surface area contributed by atoms with Gasteiger partial charge in [0.05, 0.1) is 10.0 Å². The van der Waals surface area contributed by atoms with Crippen LogP contribution in [0.3, 0.4) is 0 Å². The highest BCUT2D eigenvalue weighted by atomic mass is 79.9. The number of nitrogens with one attached hydrogen (secondary N) is 1. The molecule has 2 aliphatic rings. The fourth-order valence-electron chi connectivity index (χ4n) is 2.49. The van der Waals surface area contributed by atoms with E-state index in [1.165, 1.54) is 25.7 Å². The number of anilines is 1. The molecule has 0 bridgehead atoms. The second-order valence-electron chi connectivity index (χ2n) is 5.38. The first kappa shape index (κ1) is 12.0. The van der Waals surface area contributed by atoms with E-state index in [1.54, 1.807) is 6.07 Å². The van der Waals surface area contributed by atoms with Crippen molar-refractivity contribution in [1.82, 2.24) is 5.32 Å². The maximum Gasteiger partial charge on any atom is 0.252 e. The number of hydrogen-bond acceptors (Lipinski definition) is 2. The highest BCUT2D eigenvalue weighted by Gasteiger charge is 2.42. The first-order chi connectivity index (χ1) is 8.66. The molecule has 2 aliphatic carbocycles. The highest BCUT2D eigenvalue weighted by Crippen LogP contribution is 2.44. The highest BCUT2D eigenvalue weighted by molar-refractivity contribution is 9.10. The third-order valence-corrected chi connectivity index (χ3v) is 4.72. The SMILES string of the molecule is Nc1cccc(C(=O)NC(C2CC2)C2CC2)c1Br. The van der Waals surface area contributed by atoms with Crippen LogP contribution in [0.5, 0.6) is 0 Å². The minimum Gasteiger partial charge on any atom is -0.398 e. The van der Waals surface area contributed by atoms with E-state index < -0.39 is 0 Å². The van der Waals surface area contributed by atoms with Crippen molar-refractivity contribution in [3.8, 4) is 0 Å². The Morgan fingerprint density at radius 2 is 1.89 bits per heavy atom. The normalized spacial score (nSPS) is 19.0. The molecule has 3 nitrogen and oxygen atoms in total. The second kappa shape index (κ2) is 4.57. The van der Waals surface area contributed by atoms with E-state index in [4.69, 9.17) is 5.73 Å². The Balaban J connectivity index is 1.75. The molecule has 2 saturated carbocycles. The predicted octanol–water partition coefficient (Wildman–Crippen LogP) is 2.95. The van der Waals surface area contributed by atoms with E-state index in [-0.39, 0.29) is 5.91 Å². The van der Waals surface area contributed by atoms with Gasteiger partial charge >= 0.3 is 0 Å². The first-order valence-corrected chi connectivity index (χ1v) is 7.31. The van der Waals surface area contributed by atoms with Crippen LogP contribution in [0, 0.1) is 11.8 Å². The summed E-state index contributed by atoms with van der Waals surface area (Å²) in [6.07, 6.45) is 5.05. The van der Waals surface area contributed by atoms with Gasteiger partial charge in [0, 0.05) is 11.7 Å². The standard InChI is InChI=1S/C14H17BrN2O/c15-12-10(2-1-3-11(12)16)14(18)17-13(8-4-5-8)9-6-7-9/h1-3,8-9,13H,4-7,16H2,(H,17,18). The number of carbonyl (C=O) groups excluding carboxylic acids is 1. The van der Waals surface area contributed by atoms with Crippen molar-refractivity contribution in [2.24, 2.45) is 11.8 Å². The van der Waals surface area contributed by atoms with Gasteiger partial charge in [-0.05, 0) is 65.6 Å². The van der Waals surface area contributed by atoms with Gasteiger partial charge in [-0.15, -0.1) is 0 Å². The van der Waals surface area contributed by atoms with Crippen LogP contribution in [0.1, 0.15) is 36.0 Å². The van der Waals surface area contributed by atoms with Crippen molar-refractivity contribution in [1.29, 1.82) is 0 Å². The molecule has 0 spiro atoms. The number of nitrogens with two attached hydrogens (primary N) is 1. The fraction of sp³-hybridized carbons (Fsp3) is 0.500. The summed E-state index contributed by atoms with van der Waals surface area (Å²) < 4.78 is 0.702. The van der Waals surface area contributed by atoms with Crippen LogP contribution in [0.15, 0.2) is 22.7 Å². The van der Waals surface area contributed by atoms with Gasteiger partial charge in [-0.25, -0.2) is 0 Å². The zero-order valence-corrected chi connectivity index (χ0v) is 11.7. The van der Waals surface area contributed by atoms with Gasteiger partial charge in [-0.2, -0.15) is 0 Å². The van der Waals surface area contributed by atoms with Gasteiger partial charge in [0.1, 0.15) is 0 Å². The number of carbonyl (C=O) groups is 1. The Bertz CT molecular complexity index is 469. The molecular weight excluding hydrogens is 292 g/mol. The number of hydrogen-bond donors (Lipinski definition) is 2. The second-order valence-corrected chi connectivity index (χ2v) is 6.18. The van der Waals surface area contributed by atoms with Crippen molar-refractivity contribution in [2.75, 3.05) is 5.73 Å². The van der Waals surface area contributed by atoms with Gasteiger partial charge < -0.3 is 11.1 Å². The molecule has 2 fully saturated rings. The van der Waals surface area contributed by atoms with E-state index in [2.05, 4.69) is 21.2 Å². The predicted molar refractivity (Wildman–Crippen MR) is 75.3 cm³/mol. The molecule has 0 aliphatic heterocycles. The lowest BCUT2D eigenvalue weighted by atomic mass is 10.1. The zero-order valence-electron chi connectivity index (χ0n) is 10.2. The van der Waals surface area contributed by atoms with Gasteiger partial charge in [0.15, 0.2) is 0 Å². The van der Waals surface area contributed by atoms with Crippen molar-refractivity contribution in [3.63, 3.8) is 0 Å². The molecule has 3 rings (SSSR count). The van der Waals surface area contributed by atoms with Crippen LogP contribution >= 0.6 is 15.9 Å². The molecule has 1 aromatic rings. The molecular formula is C14H17BrN2O. The number of benzene rings is 1. The number of halogens is 1. The Labute approximate surface area is 115 Å². The quantitative estimate of drug-likeness (QED) is 0.840. The summed E-state index contributed by atoms with van der Waals surface area (Å²) in [5.41, 5.74) is 7.06. The minimum atomic E-state index is -0.00188. The fourth-order valence-corrected chi connectivity index (χ4v) is 2.93. The summed E-state index contributed by atoms with van der Waals surface area (Å²) in [7, 11) is 0. The lowest BCUT2D eigenvalue weighted by Crippen LogP contribution is -2.38. The summed E-state index contributed by atoms with van der Waals surface area (Å²) in [5.74, 6) is 1.42. The molecule has 18 heavy (non-hydrogen) atoms. The Hall–Kier alpha value is -1.03. The lowest BCUT2D eigenvalue weighted by molar-refractivity contribution is 0.0925. The number of rotatable bonds is 4. The molecule has 1 amide bonds. The van der Waals surface area contributed by atoms with Crippen molar-refractivity contribution in [3.05, 3.63) is 28.2 Å². The molecule has 0 aromatic heterocycles. The van der Waals surface area contributed by atoms with Crippen molar-refractivity contribution >= 4 is 27.5 Å². The van der Waals surface area contributed by atoms with Gasteiger partial charge in [-0.3, -0.25) is 4.79 Å². The van der Waals surface area contributed by atoms with E-state index in [0.717, 1.165) is 0 Å². The third-order valence-electron chi connectivity index (χ3n) is 3.83. The van der Waals surface area contributed by atoms with Crippen molar-refractivity contribution < 1.29 is 4.79 Å². The topological polar surface area (TPSA) is 55.1 Å². The minimum absolute atomic E-state index is 0.00188. The van der Waals surface area contributed by atoms with Gasteiger partial charge in [-0.1, -0.05) is 6.07 Å². The van der Waals surface area contributed by atoms with Crippen LogP contribution in [-0.4, -0.2) is 11.9 Å². The third kappa shape index (κ3) is 2.39. The monoisotopic (exact) mass is 308 g/mol. The molecule has 4 heteroatoms. The largest absolute Gasteiger partial charge is 0.398 e. The molecule has 0 saturated heterocycles. The number of nitrogen functional groups attached to an aromatic ring is 1. The smallest absolute Gasteiger partial charge is 0.252 e. The van der Waals surface area contributed by atoms with Crippen LogP contribution in [-0.2, 0) is 0 Å². The summed E-state index contributed by atoms with van der Waals surface area (Å²) in [6, 6.07) is 5.80. The van der Waals surface area contributed by atoms with Crippen LogP contribution < -0.4 is 11.1 Å². The molecule has 0 unspecified atom stereocenters. The van der Waals surface area contributed by atoms with E-state index in [1.807, 2.05) is 12.1 Å². The maximum atomic E-state index is 12.3. The zero-order chi connectivity index (χ0) is 12.7. The number of amides is 1. The maximum absolute atomic E-state index is 12.3. The van der Waals surface area contributed by atoms with E-state index >= 15 is 0 Å².